The van der Waals surface area contributed by atoms with Crippen molar-refractivity contribution in [3.63, 3.8) is 0 Å². The van der Waals surface area contributed by atoms with Crippen LogP contribution in [0.5, 0.6) is 0 Å². The van der Waals surface area contributed by atoms with E-state index in [1.807, 2.05) is 0 Å². The van der Waals surface area contributed by atoms with Crippen molar-refractivity contribution in [3.05, 3.63) is 29.8 Å². The Morgan fingerprint density at radius 1 is 1.28 bits per heavy atom. The lowest BCUT2D eigenvalue weighted by Crippen LogP contribution is -2.09. The maximum Gasteiger partial charge on any atom is 0.309 e. The Labute approximate surface area is 107 Å². The largest absolute Gasteiger partial charge is 0.469 e. The molecule has 1 aromatic rings. The molecule has 0 radical (unpaired) electrons. The lowest BCUT2D eigenvalue weighted by Gasteiger charge is -2.05. The maximum atomic E-state index is 12.0. The number of rotatable bonds is 5. The molecule has 0 N–H and O–H groups in total. The molecule has 1 aliphatic rings. The van der Waals surface area contributed by atoms with Gasteiger partial charge in [-0.3, -0.25) is 4.79 Å². The molecule has 0 saturated heterocycles. The van der Waals surface area contributed by atoms with Crippen LogP contribution in [0.3, 0.4) is 0 Å². The van der Waals surface area contributed by atoms with E-state index in [0.717, 1.165) is 18.4 Å². The number of carbonyl (C=O) groups is 1. The monoisotopic (exact) mass is 268 g/mol. The van der Waals surface area contributed by atoms with Gasteiger partial charge in [-0.05, 0) is 36.5 Å². The summed E-state index contributed by atoms with van der Waals surface area (Å²) < 4.78 is 28.5. The van der Waals surface area contributed by atoms with Gasteiger partial charge in [0.05, 0.1) is 24.2 Å². The van der Waals surface area contributed by atoms with E-state index in [-0.39, 0.29) is 18.1 Å². The zero-order valence-corrected chi connectivity index (χ0v) is 11.1. The molecule has 1 saturated carbocycles. The summed E-state index contributed by atoms with van der Waals surface area (Å²) in [6.07, 6.45) is 2.19. The molecule has 0 bridgehead atoms. The molecule has 4 nitrogen and oxygen atoms in total. The zero-order valence-electron chi connectivity index (χ0n) is 10.3. The summed E-state index contributed by atoms with van der Waals surface area (Å²) in [6.45, 7) is 0. The van der Waals surface area contributed by atoms with Crippen molar-refractivity contribution >= 4 is 15.8 Å². The molecule has 18 heavy (non-hydrogen) atoms. The molecular formula is C13H16O4S. The quantitative estimate of drug-likeness (QED) is 0.761. The minimum Gasteiger partial charge on any atom is -0.469 e. The van der Waals surface area contributed by atoms with Gasteiger partial charge in [0.2, 0.25) is 0 Å². The van der Waals surface area contributed by atoms with Crippen molar-refractivity contribution in [1.29, 1.82) is 0 Å². The van der Waals surface area contributed by atoms with E-state index in [2.05, 4.69) is 4.74 Å². The lowest BCUT2D eigenvalue weighted by molar-refractivity contribution is -0.139. The zero-order chi connectivity index (χ0) is 13.2. The van der Waals surface area contributed by atoms with Crippen molar-refractivity contribution in [3.8, 4) is 0 Å². The van der Waals surface area contributed by atoms with Gasteiger partial charge in [0.15, 0.2) is 9.84 Å². The number of methoxy groups -OCH3 is 1. The van der Waals surface area contributed by atoms with Crippen LogP contribution in [0.1, 0.15) is 18.4 Å². The first-order chi connectivity index (χ1) is 8.51. The van der Waals surface area contributed by atoms with Crippen molar-refractivity contribution in [2.24, 2.45) is 5.92 Å². The number of sulfone groups is 1. The van der Waals surface area contributed by atoms with Gasteiger partial charge in [0.25, 0.3) is 0 Å². The molecule has 0 aliphatic heterocycles. The molecule has 98 valence electrons. The van der Waals surface area contributed by atoms with Crippen LogP contribution in [0.25, 0.3) is 0 Å². The lowest BCUT2D eigenvalue weighted by atomic mass is 10.2. The molecule has 1 aliphatic carbocycles. The molecule has 2 rings (SSSR count). The van der Waals surface area contributed by atoms with E-state index in [1.54, 1.807) is 24.3 Å². The Morgan fingerprint density at radius 3 is 2.39 bits per heavy atom. The van der Waals surface area contributed by atoms with E-state index < -0.39 is 9.84 Å². The second kappa shape index (κ2) is 5.10. The Balaban J connectivity index is 2.08. The predicted molar refractivity (Wildman–Crippen MR) is 66.9 cm³/mol. The van der Waals surface area contributed by atoms with Crippen LogP contribution in [0, 0.1) is 5.92 Å². The summed E-state index contributed by atoms with van der Waals surface area (Å²) in [5, 5.41) is 0. The van der Waals surface area contributed by atoms with Crippen LogP contribution < -0.4 is 0 Å². The number of hydrogen-bond acceptors (Lipinski definition) is 4. The Kier molecular flexibility index (Phi) is 3.71. The summed E-state index contributed by atoms with van der Waals surface area (Å²) in [4.78, 5) is 11.4. The van der Waals surface area contributed by atoms with E-state index >= 15 is 0 Å². The van der Waals surface area contributed by atoms with Crippen LogP contribution in [0.2, 0.25) is 0 Å². The number of esters is 1. The number of hydrogen-bond donors (Lipinski definition) is 0. The van der Waals surface area contributed by atoms with Crippen LogP contribution in [0.15, 0.2) is 29.2 Å². The molecular weight excluding hydrogens is 252 g/mol. The molecule has 0 amide bonds. The van der Waals surface area contributed by atoms with E-state index in [9.17, 15) is 13.2 Å². The fourth-order valence-electron chi connectivity index (χ4n) is 1.74. The van der Waals surface area contributed by atoms with Crippen molar-refractivity contribution in [1.82, 2.24) is 0 Å². The average Bonchev–Trinajstić information content (AvgIpc) is 3.13. The minimum atomic E-state index is -3.16. The highest BCUT2D eigenvalue weighted by Gasteiger charge is 2.28. The Morgan fingerprint density at radius 2 is 1.89 bits per heavy atom. The van der Waals surface area contributed by atoms with Gasteiger partial charge >= 0.3 is 5.97 Å². The van der Waals surface area contributed by atoms with Gasteiger partial charge < -0.3 is 4.74 Å². The van der Waals surface area contributed by atoms with Gasteiger partial charge in [-0.1, -0.05) is 12.1 Å². The topological polar surface area (TPSA) is 60.4 Å². The van der Waals surface area contributed by atoms with Crippen LogP contribution in [0.4, 0.5) is 0 Å². The van der Waals surface area contributed by atoms with Gasteiger partial charge in [-0.15, -0.1) is 0 Å². The SMILES string of the molecule is COC(=O)Cc1ccc(S(=O)(=O)CC2CC2)cc1. The Bertz CT molecular complexity index is 527. The highest BCUT2D eigenvalue weighted by molar-refractivity contribution is 7.91. The molecule has 5 heteroatoms. The Hall–Kier alpha value is -1.36. The molecule has 0 heterocycles. The third kappa shape index (κ3) is 3.32. The normalized spacial score (nSPS) is 15.4. The van der Waals surface area contributed by atoms with Gasteiger partial charge in [-0.2, -0.15) is 0 Å². The molecule has 0 spiro atoms. The summed E-state index contributed by atoms with van der Waals surface area (Å²) >= 11 is 0. The van der Waals surface area contributed by atoms with Gasteiger partial charge in [0.1, 0.15) is 0 Å². The van der Waals surface area contributed by atoms with Gasteiger partial charge in [0, 0.05) is 0 Å². The van der Waals surface area contributed by atoms with Gasteiger partial charge in [-0.25, -0.2) is 8.42 Å². The third-order valence-electron chi connectivity index (χ3n) is 3.01. The fourth-order valence-corrected chi connectivity index (χ4v) is 3.44. The minimum absolute atomic E-state index is 0.166. The predicted octanol–water partition coefficient (Wildman–Crippen LogP) is 1.59. The van der Waals surface area contributed by atoms with E-state index in [4.69, 9.17) is 0 Å². The maximum absolute atomic E-state index is 12.0. The molecule has 0 unspecified atom stereocenters. The summed E-state index contributed by atoms with van der Waals surface area (Å²) in [7, 11) is -1.83. The smallest absolute Gasteiger partial charge is 0.309 e. The molecule has 0 atom stereocenters. The molecule has 0 aromatic heterocycles. The standard InChI is InChI=1S/C13H16O4S/c1-17-13(14)8-10-4-6-12(7-5-10)18(15,16)9-11-2-3-11/h4-7,11H,2-3,8-9H2,1H3. The highest BCUT2D eigenvalue weighted by Crippen LogP contribution is 2.32. The number of benzene rings is 1. The van der Waals surface area contributed by atoms with E-state index in [0.29, 0.717) is 10.8 Å². The average molecular weight is 268 g/mol. The highest BCUT2D eigenvalue weighted by atomic mass is 32.2. The first kappa shape index (κ1) is 13.1. The van der Waals surface area contributed by atoms with Crippen LogP contribution in [-0.4, -0.2) is 27.2 Å². The second-order valence-electron chi connectivity index (χ2n) is 4.62. The van der Waals surface area contributed by atoms with Crippen molar-refractivity contribution < 1.29 is 17.9 Å². The van der Waals surface area contributed by atoms with Crippen LogP contribution in [-0.2, 0) is 25.8 Å². The molecule has 1 aromatic carbocycles. The second-order valence-corrected chi connectivity index (χ2v) is 6.66. The fraction of sp³-hybridized carbons (Fsp3) is 0.462. The number of ether oxygens (including phenoxy) is 1. The first-order valence-corrected chi connectivity index (χ1v) is 7.55. The van der Waals surface area contributed by atoms with E-state index in [1.165, 1.54) is 7.11 Å². The molecule has 1 fully saturated rings. The first-order valence-electron chi connectivity index (χ1n) is 5.90. The van der Waals surface area contributed by atoms with Crippen molar-refractivity contribution in [2.45, 2.75) is 24.2 Å². The third-order valence-corrected chi connectivity index (χ3v) is 4.91. The van der Waals surface area contributed by atoms with Crippen LogP contribution >= 0.6 is 0 Å². The summed E-state index contributed by atoms with van der Waals surface area (Å²) in [6, 6.07) is 6.46. The summed E-state index contributed by atoms with van der Waals surface area (Å²) in [5.41, 5.74) is 0.757. The number of carbonyl (C=O) groups excluding carboxylic acids is 1. The summed E-state index contributed by atoms with van der Waals surface area (Å²) in [5.74, 6) is 0.247. The van der Waals surface area contributed by atoms with Crippen molar-refractivity contribution in [2.75, 3.05) is 12.9 Å².